The summed E-state index contributed by atoms with van der Waals surface area (Å²) in [5, 5.41) is 12.2. The van der Waals surface area contributed by atoms with Gasteiger partial charge in [-0.05, 0) is 17.9 Å². The molecule has 1 aliphatic rings. The maximum atomic E-state index is 11.5. The molecule has 3 nitrogen and oxygen atoms in total. The van der Waals surface area contributed by atoms with Crippen molar-refractivity contribution in [2.75, 3.05) is 6.54 Å². The highest BCUT2D eigenvalue weighted by Gasteiger charge is 2.27. The monoisotopic (exact) mass is 221 g/mol. The number of carbonyl (C=O) groups excluding carboxylic acids is 1. The van der Waals surface area contributed by atoms with Crippen LogP contribution in [0.25, 0.3) is 0 Å². The van der Waals surface area contributed by atoms with Crippen LogP contribution < -0.4 is 5.32 Å². The predicted molar refractivity (Wildman–Crippen MR) is 64.8 cm³/mol. The van der Waals surface area contributed by atoms with E-state index in [2.05, 4.69) is 18.5 Å². The first kappa shape index (κ1) is 12.7. The third-order valence-corrected chi connectivity index (χ3v) is 2.62. The molecule has 1 fully saturated rings. The minimum atomic E-state index is -0.873. The molecule has 1 aliphatic carbocycles. The Bertz CT molecular complexity index is 303. The summed E-state index contributed by atoms with van der Waals surface area (Å²) in [5.41, 5.74) is 0.877. The zero-order chi connectivity index (χ0) is 12.0. The quantitative estimate of drug-likeness (QED) is 0.641. The average Bonchev–Trinajstić information content (AvgIpc) is 3.07. The summed E-state index contributed by atoms with van der Waals surface area (Å²) in [5.74, 6) is 0.243. The van der Waals surface area contributed by atoms with Gasteiger partial charge in [0, 0.05) is 6.54 Å². The number of hydrogen-bond acceptors (Lipinski definition) is 2. The molecule has 0 radical (unpaired) electrons. The molecule has 0 aromatic heterocycles. The summed E-state index contributed by atoms with van der Waals surface area (Å²) >= 11 is 0. The fourth-order valence-corrected chi connectivity index (χ4v) is 1.43. The normalized spacial score (nSPS) is 17.7. The van der Waals surface area contributed by atoms with Gasteiger partial charge in [0.1, 0.15) is 6.10 Å². The van der Waals surface area contributed by atoms with E-state index < -0.39 is 6.10 Å². The highest BCUT2D eigenvalue weighted by Crippen LogP contribution is 2.33. The molecule has 0 spiro atoms. The van der Waals surface area contributed by atoms with E-state index in [-0.39, 0.29) is 5.91 Å². The summed E-state index contributed by atoms with van der Waals surface area (Å²) in [7, 11) is 0. The highest BCUT2D eigenvalue weighted by molar-refractivity contribution is 5.80. The second kappa shape index (κ2) is 6.28. The van der Waals surface area contributed by atoms with Gasteiger partial charge in [-0.1, -0.05) is 44.2 Å². The van der Waals surface area contributed by atoms with Crippen molar-refractivity contribution in [1.82, 2.24) is 5.32 Å². The Morgan fingerprint density at radius 3 is 2.69 bits per heavy atom. The average molecular weight is 221 g/mol. The van der Waals surface area contributed by atoms with Crippen LogP contribution in [0.4, 0.5) is 0 Å². The maximum absolute atomic E-state index is 11.5. The molecule has 88 valence electrons. The molecule has 1 atom stereocenters. The van der Waals surface area contributed by atoms with Crippen molar-refractivity contribution < 1.29 is 9.90 Å². The summed E-state index contributed by atoms with van der Waals surface area (Å²) in [6.45, 7) is 7.59. The number of aliphatic hydroxyl groups excluding tert-OH is 1. The van der Waals surface area contributed by atoms with Crippen LogP contribution in [0.1, 0.15) is 19.3 Å². The van der Waals surface area contributed by atoms with Crippen molar-refractivity contribution >= 4 is 5.91 Å². The lowest BCUT2D eigenvalue weighted by Crippen LogP contribution is -2.35. The van der Waals surface area contributed by atoms with Crippen molar-refractivity contribution in [3.8, 4) is 0 Å². The lowest BCUT2D eigenvalue weighted by atomic mass is 10.1. The first-order chi connectivity index (χ1) is 7.67. The van der Waals surface area contributed by atoms with Gasteiger partial charge >= 0.3 is 0 Å². The van der Waals surface area contributed by atoms with Crippen LogP contribution in [-0.2, 0) is 4.79 Å². The van der Waals surface area contributed by atoms with E-state index in [1.54, 1.807) is 18.2 Å². The van der Waals surface area contributed by atoms with E-state index in [9.17, 15) is 9.90 Å². The second-order valence-corrected chi connectivity index (χ2v) is 4.09. The smallest absolute Gasteiger partial charge is 0.249 e. The SMILES string of the molecule is C=C/C=C(\C=C)CNC(=O)C(O)CC1CC1. The first-order valence-corrected chi connectivity index (χ1v) is 5.57. The van der Waals surface area contributed by atoms with E-state index in [0.29, 0.717) is 18.9 Å². The maximum Gasteiger partial charge on any atom is 0.249 e. The largest absolute Gasteiger partial charge is 0.383 e. The van der Waals surface area contributed by atoms with Crippen LogP contribution in [0.5, 0.6) is 0 Å². The minimum Gasteiger partial charge on any atom is -0.383 e. The molecule has 3 heteroatoms. The third-order valence-electron chi connectivity index (χ3n) is 2.62. The molecule has 1 saturated carbocycles. The first-order valence-electron chi connectivity index (χ1n) is 5.57. The summed E-state index contributed by atoms with van der Waals surface area (Å²) in [4.78, 5) is 11.5. The van der Waals surface area contributed by atoms with Crippen molar-refractivity contribution in [3.63, 3.8) is 0 Å². The van der Waals surface area contributed by atoms with Crippen molar-refractivity contribution in [2.45, 2.75) is 25.4 Å². The molecule has 0 bridgehead atoms. The Hall–Kier alpha value is -1.35. The molecule has 0 aliphatic heterocycles. The molecule has 1 rings (SSSR count). The standard InChI is InChI=1S/C13H19NO2/c1-3-5-10(4-2)9-14-13(16)12(15)8-11-6-7-11/h3-5,11-12,15H,1-2,6-9H2,(H,14,16)/b10-5+. The van der Waals surface area contributed by atoms with E-state index in [1.165, 1.54) is 0 Å². The second-order valence-electron chi connectivity index (χ2n) is 4.09. The molecular weight excluding hydrogens is 202 g/mol. The molecule has 1 unspecified atom stereocenters. The van der Waals surface area contributed by atoms with Gasteiger partial charge in [0.2, 0.25) is 5.91 Å². The zero-order valence-electron chi connectivity index (χ0n) is 9.48. The van der Waals surface area contributed by atoms with Crippen LogP contribution in [0.15, 0.2) is 37.0 Å². The Kier molecular flexibility index (Phi) is 4.99. The Morgan fingerprint density at radius 2 is 2.19 bits per heavy atom. The molecule has 16 heavy (non-hydrogen) atoms. The Labute approximate surface area is 96.5 Å². The topological polar surface area (TPSA) is 49.3 Å². The lowest BCUT2D eigenvalue weighted by molar-refractivity contribution is -0.129. The van der Waals surface area contributed by atoms with Gasteiger partial charge in [0.25, 0.3) is 0 Å². The Morgan fingerprint density at radius 1 is 1.50 bits per heavy atom. The number of aliphatic hydroxyl groups is 1. The van der Waals surface area contributed by atoms with Gasteiger partial charge < -0.3 is 10.4 Å². The number of hydrogen-bond donors (Lipinski definition) is 2. The van der Waals surface area contributed by atoms with E-state index in [4.69, 9.17) is 0 Å². The van der Waals surface area contributed by atoms with E-state index in [0.717, 1.165) is 18.4 Å². The molecule has 0 saturated heterocycles. The van der Waals surface area contributed by atoms with Gasteiger partial charge in [-0.3, -0.25) is 4.79 Å². The number of carbonyl (C=O) groups is 1. The molecule has 0 heterocycles. The van der Waals surface area contributed by atoms with E-state index >= 15 is 0 Å². The van der Waals surface area contributed by atoms with Crippen molar-refractivity contribution in [3.05, 3.63) is 37.0 Å². The van der Waals surface area contributed by atoms with Crippen molar-refractivity contribution in [2.24, 2.45) is 5.92 Å². The summed E-state index contributed by atoms with van der Waals surface area (Å²) < 4.78 is 0. The molecule has 1 amide bonds. The Balaban J connectivity index is 2.29. The minimum absolute atomic E-state index is 0.302. The van der Waals surface area contributed by atoms with Gasteiger partial charge in [-0.25, -0.2) is 0 Å². The number of nitrogens with one attached hydrogen (secondary N) is 1. The van der Waals surface area contributed by atoms with Crippen LogP contribution in [0, 0.1) is 5.92 Å². The van der Waals surface area contributed by atoms with Gasteiger partial charge in [-0.15, -0.1) is 0 Å². The predicted octanol–water partition coefficient (Wildman–Crippen LogP) is 1.56. The van der Waals surface area contributed by atoms with Crippen molar-refractivity contribution in [1.29, 1.82) is 0 Å². The van der Waals surface area contributed by atoms with Crippen LogP contribution in [-0.4, -0.2) is 23.7 Å². The zero-order valence-corrected chi connectivity index (χ0v) is 9.48. The third kappa shape index (κ3) is 4.45. The number of amides is 1. The van der Waals surface area contributed by atoms with Crippen LogP contribution in [0.3, 0.4) is 0 Å². The molecule has 0 aromatic rings. The van der Waals surface area contributed by atoms with Gasteiger partial charge in [-0.2, -0.15) is 0 Å². The summed E-state index contributed by atoms with van der Waals surface area (Å²) in [6.07, 6.45) is 7.07. The number of rotatable bonds is 7. The fourth-order valence-electron chi connectivity index (χ4n) is 1.43. The van der Waals surface area contributed by atoms with Gasteiger partial charge in [0.15, 0.2) is 0 Å². The van der Waals surface area contributed by atoms with E-state index in [1.807, 2.05) is 0 Å². The molecule has 2 N–H and O–H groups in total. The lowest BCUT2D eigenvalue weighted by Gasteiger charge is -2.10. The number of allylic oxidation sites excluding steroid dienone is 2. The van der Waals surface area contributed by atoms with Crippen LogP contribution >= 0.6 is 0 Å². The van der Waals surface area contributed by atoms with Gasteiger partial charge in [0.05, 0.1) is 0 Å². The molecule has 0 aromatic carbocycles. The highest BCUT2D eigenvalue weighted by atomic mass is 16.3. The fraction of sp³-hybridized carbons (Fsp3) is 0.462. The summed E-state index contributed by atoms with van der Waals surface area (Å²) in [6, 6.07) is 0. The molecular formula is C13H19NO2. The van der Waals surface area contributed by atoms with Crippen LogP contribution in [0.2, 0.25) is 0 Å².